The van der Waals surface area contributed by atoms with Crippen LogP contribution in [0.2, 0.25) is 0 Å². The number of rotatable bonds is 4. The molecule has 0 atom stereocenters. The van der Waals surface area contributed by atoms with Crippen LogP contribution in [0.15, 0.2) is 61.2 Å². The molecule has 2 aromatic carbocycles. The van der Waals surface area contributed by atoms with Crippen LogP contribution in [-0.2, 0) is 4.74 Å². The van der Waals surface area contributed by atoms with Gasteiger partial charge in [0.1, 0.15) is 12.4 Å². The fourth-order valence-electron chi connectivity index (χ4n) is 2.10. The molecule has 0 aliphatic rings. The van der Waals surface area contributed by atoms with E-state index >= 15 is 0 Å². The molecule has 0 fully saturated rings. The average molecular weight is 293 g/mol. The molecule has 0 unspecified atom stereocenters. The zero-order valence-electron chi connectivity index (χ0n) is 11.9. The van der Waals surface area contributed by atoms with Gasteiger partial charge >= 0.3 is 6.09 Å². The summed E-state index contributed by atoms with van der Waals surface area (Å²) in [5, 5.41) is 2.66. The van der Waals surface area contributed by atoms with Gasteiger partial charge in [0.2, 0.25) is 0 Å². The molecule has 22 heavy (non-hydrogen) atoms. The van der Waals surface area contributed by atoms with Gasteiger partial charge in [-0.1, -0.05) is 43.0 Å². The monoisotopic (exact) mass is 293 g/mol. The van der Waals surface area contributed by atoms with Gasteiger partial charge in [-0.05, 0) is 18.2 Å². The number of hydrogen-bond acceptors (Lipinski definition) is 3. The van der Waals surface area contributed by atoms with Crippen LogP contribution in [0.4, 0.5) is 10.5 Å². The maximum Gasteiger partial charge on any atom is 0.411 e. The predicted octanol–water partition coefficient (Wildman–Crippen LogP) is 3.96. The van der Waals surface area contributed by atoms with E-state index in [1.54, 1.807) is 12.1 Å². The lowest BCUT2D eigenvalue weighted by atomic mass is 10.2. The van der Waals surface area contributed by atoms with E-state index in [-0.39, 0.29) is 6.61 Å². The van der Waals surface area contributed by atoms with Crippen molar-refractivity contribution < 1.29 is 9.53 Å². The standard InChI is InChI=1S/C17H15N3O2/c1-2-10-22-17(21)18-13-8-9-14-15(11-13)20-16(19-14)12-6-4-3-5-7-12/h2-9,11H,1,10H2,(H,18,21)(H,19,20). The number of carbonyl (C=O) groups excluding carboxylic acids is 1. The zero-order valence-corrected chi connectivity index (χ0v) is 11.9. The van der Waals surface area contributed by atoms with Crippen molar-refractivity contribution in [3.63, 3.8) is 0 Å². The Morgan fingerprint density at radius 1 is 1.27 bits per heavy atom. The van der Waals surface area contributed by atoms with Crippen LogP contribution >= 0.6 is 0 Å². The summed E-state index contributed by atoms with van der Waals surface area (Å²) in [6, 6.07) is 15.3. The van der Waals surface area contributed by atoms with Gasteiger partial charge in [-0.3, -0.25) is 5.32 Å². The van der Waals surface area contributed by atoms with Crippen molar-refractivity contribution in [2.75, 3.05) is 11.9 Å². The normalized spacial score (nSPS) is 10.4. The number of nitrogens with one attached hydrogen (secondary N) is 2. The molecule has 0 saturated carbocycles. The first-order valence-electron chi connectivity index (χ1n) is 6.86. The lowest BCUT2D eigenvalue weighted by Gasteiger charge is -2.04. The Balaban J connectivity index is 1.84. The van der Waals surface area contributed by atoms with Gasteiger partial charge in [0.05, 0.1) is 11.0 Å². The molecule has 0 saturated heterocycles. The Bertz CT molecular complexity index is 809. The number of hydrogen-bond donors (Lipinski definition) is 2. The smallest absolute Gasteiger partial charge is 0.411 e. The van der Waals surface area contributed by atoms with Crippen molar-refractivity contribution in [3.8, 4) is 11.4 Å². The predicted molar refractivity (Wildman–Crippen MR) is 86.7 cm³/mol. The molecule has 0 aliphatic heterocycles. The number of nitrogens with zero attached hydrogens (tertiary/aromatic N) is 1. The van der Waals surface area contributed by atoms with E-state index in [4.69, 9.17) is 4.74 Å². The summed E-state index contributed by atoms with van der Waals surface area (Å²) < 4.78 is 4.89. The van der Waals surface area contributed by atoms with E-state index in [1.165, 1.54) is 6.08 Å². The molecule has 0 radical (unpaired) electrons. The first-order valence-corrected chi connectivity index (χ1v) is 6.86. The first-order chi connectivity index (χ1) is 10.8. The number of imidazole rings is 1. The van der Waals surface area contributed by atoms with Crippen molar-refractivity contribution in [2.24, 2.45) is 0 Å². The highest BCUT2D eigenvalue weighted by Gasteiger charge is 2.07. The molecule has 0 spiro atoms. The summed E-state index contributed by atoms with van der Waals surface area (Å²) >= 11 is 0. The molecule has 3 rings (SSSR count). The number of fused-ring (bicyclic) bond motifs is 1. The third-order valence-electron chi connectivity index (χ3n) is 3.11. The summed E-state index contributed by atoms with van der Waals surface area (Å²) in [7, 11) is 0. The largest absolute Gasteiger partial charge is 0.445 e. The summed E-state index contributed by atoms with van der Waals surface area (Å²) in [6.45, 7) is 3.67. The van der Waals surface area contributed by atoms with Crippen molar-refractivity contribution in [3.05, 3.63) is 61.2 Å². The minimum absolute atomic E-state index is 0.175. The van der Waals surface area contributed by atoms with E-state index in [0.29, 0.717) is 5.69 Å². The lowest BCUT2D eigenvalue weighted by molar-refractivity contribution is 0.174. The lowest BCUT2D eigenvalue weighted by Crippen LogP contribution is -2.13. The minimum Gasteiger partial charge on any atom is -0.445 e. The van der Waals surface area contributed by atoms with E-state index in [9.17, 15) is 4.79 Å². The molecule has 5 heteroatoms. The van der Waals surface area contributed by atoms with Gasteiger partial charge < -0.3 is 9.72 Å². The molecule has 1 amide bonds. The number of anilines is 1. The topological polar surface area (TPSA) is 67.0 Å². The fourth-order valence-corrected chi connectivity index (χ4v) is 2.10. The molecule has 1 heterocycles. The highest BCUT2D eigenvalue weighted by Crippen LogP contribution is 2.22. The Morgan fingerprint density at radius 3 is 2.86 bits per heavy atom. The second-order valence-electron chi connectivity index (χ2n) is 4.70. The van der Waals surface area contributed by atoms with Gasteiger partial charge in [0.15, 0.2) is 0 Å². The van der Waals surface area contributed by atoms with Gasteiger partial charge in [-0.15, -0.1) is 0 Å². The van der Waals surface area contributed by atoms with Crippen LogP contribution in [0.5, 0.6) is 0 Å². The van der Waals surface area contributed by atoms with Gasteiger partial charge in [-0.25, -0.2) is 9.78 Å². The Hall–Kier alpha value is -3.08. The van der Waals surface area contributed by atoms with Crippen LogP contribution < -0.4 is 5.32 Å². The number of carbonyl (C=O) groups is 1. The highest BCUT2D eigenvalue weighted by molar-refractivity contribution is 5.89. The number of benzene rings is 2. The summed E-state index contributed by atoms with van der Waals surface area (Å²) in [5.74, 6) is 0.794. The first kappa shape index (κ1) is 13.9. The van der Waals surface area contributed by atoms with Crippen LogP contribution in [0.1, 0.15) is 0 Å². The molecular formula is C17H15N3O2. The van der Waals surface area contributed by atoms with Crippen molar-refractivity contribution in [2.45, 2.75) is 0 Å². The average Bonchev–Trinajstić information content (AvgIpc) is 2.97. The van der Waals surface area contributed by atoms with Gasteiger partial charge in [-0.2, -0.15) is 0 Å². The van der Waals surface area contributed by atoms with Crippen molar-refractivity contribution >= 4 is 22.8 Å². The fraction of sp³-hybridized carbons (Fsp3) is 0.0588. The van der Waals surface area contributed by atoms with Crippen molar-refractivity contribution in [1.29, 1.82) is 0 Å². The second kappa shape index (κ2) is 6.13. The van der Waals surface area contributed by atoms with Crippen LogP contribution in [0, 0.1) is 0 Å². The van der Waals surface area contributed by atoms with Crippen molar-refractivity contribution in [1.82, 2.24) is 9.97 Å². The van der Waals surface area contributed by atoms with E-state index in [1.807, 2.05) is 36.4 Å². The quantitative estimate of drug-likeness (QED) is 0.715. The number of amides is 1. The zero-order chi connectivity index (χ0) is 15.4. The summed E-state index contributed by atoms with van der Waals surface area (Å²) in [5.41, 5.74) is 3.33. The van der Waals surface area contributed by atoms with E-state index in [2.05, 4.69) is 21.9 Å². The number of aromatic nitrogens is 2. The molecule has 0 aliphatic carbocycles. The molecule has 0 bridgehead atoms. The number of ether oxygens (including phenoxy) is 1. The molecule has 2 N–H and O–H groups in total. The molecule has 3 aromatic rings. The van der Waals surface area contributed by atoms with E-state index < -0.39 is 6.09 Å². The third kappa shape index (κ3) is 2.98. The number of aromatic amines is 1. The Labute approximate surface area is 127 Å². The Morgan fingerprint density at radius 2 is 2.09 bits per heavy atom. The van der Waals surface area contributed by atoms with E-state index in [0.717, 1.165) is 22.4 Å². The van der Waals surface area contributed by atoms with Crippen LogP contribution in [-0.4, -0.2) is 22.7 Å². The third-order valence-corrected chi connectivity index (χ3v) is 3.11. The van der Waals surface area contributed by atoms with Gasteiger partial charge in [0, 0.05) is 11.3 Å². The Kier molecular flexibility index (Phi) is 3.87. The highest BCUT2D eigenvalue weighted by atomic mass is 16.5. The van der Waals surface area contributed by atoms with Crippen LogP contribution in [0.3, 0.4) is 0 Å². The van der Waals surface area contributed by atoms with Gasteiger partial charge in [0.25, 0.3) is 0 Å². The van der Waals surface area contributed by atoms with Crippen LogP contribution in [0.25, 0.3) is 22.4 Å². The SMILES string of the molecule is C=CCOC(=O)Nc1ccc2[nH]c(-c3ccccc3)nc2c1. The minimum atomic E-state index is -0.516. The second-order valence-corrected chi connectivity index (χ2v) is 4.70. The molecule has 110 valence electrons. The summed E-state index contributed by atoms with van der Waals surface area (Å²) in [6.07, 6.45) is 1.00. The molecule has 5 nitrogen and oxygen atoms in total. The molecule has 1 aromatic heterocycles. The summed E-state index contributed by atoms with van der Waals surface area (Å²) in [4.78, 5) is 19.3. The maximum absolute atomic E-state index is 11.5. The number of H-pyrrole nitrogens is 1. The maximum atomic E-state index is 11.5. The molecular weight excluding hydrogens is 278 g/mol.